The molecular formula is C25H28ClN5OS. The number of halogens is 1. The van der Waals surface area contributed by atoms with E-state index in [9.17, 15) is 4.79 Å². The Hall–Kier alpha value is -2.51. The second kappa shape index (κ2) is 9.39. The van der Waals surface area contributed by atoms with Crippen LogP contribution in [0.2, 0.25) is 5.02 Å². The first-order valence-corrected chi connectivity index (χ1v) is 12.9. The van der Waals surface area contributed by atoms with E-state index in [1.807, 2.05) is 36.1 Å². The van der Waals surface area contributed by atoms with Crippen molar-refractivity contribution in [3.63, 3.8) is 0 Å². The Morgan fingerprint density at radius 1 is 1.15 bits per heavy atom. The quantitative estimate of drug-likeness (QED) is 0.480. The summed E-state index contributed by atoms with van der Waals surface area (Å²) < 4.78 is 2.14. The summed E-state index contributed by atoms with van der Waals surface area (Å²) in [4.78, 5) is 21.1. The number of carbonyl (C=O) groups is 1. The van der Waals surface area contributed by atoms with Crippen molar-refractivity contribution in [1.82, 2.24) is 19.7 Å². The highest BCUT2D eigenvalue weighted by atomic mass is 35.5. The molecule has 8 heteroatoms. The van der Waals surface area contributed by atoms with Crippen LogP contribution in [0.4, 0.5) is 0 Å². The van der Waals surface area contributed by atoms with Crippen LogP contribution in [0.3, 0.4) is 0 Å². The number of amides is 1. The molecule has 0 radical (unpaired) electrons. The third-order valence-corrected chi connectivity index (χ3v) is 7.97. The van der Waals surface area contributed by atoms with E-state index < -0.39 is 0 Å². The number of likely N-dealkylation sites (tertiary alicyclic amines) is 1. The molecule has 1 amide bonds. The van der Waals surface area contributed by atoms with E-state index in [2.05, 4.69) is 27.8 Å². The Labute approximate surface area is 203 Å². The topological polar surface area (TPSA) is 63.4 Å². The number of aromatic nitrogens is 3. The van der Waals surface area contributed by atoms with Crippen molar-refractivity contribution >= 4 is 34.6 Å². The lowest BCUT2D eigenvalue weighted by molar-refractivity contribution is -0.132. The minimum atomic E-state index is -0.0961. The van der Waals surface area contributed by atoms with Gasteiger partial charge >= 0.3 is 0 Å². The molecule has 2 aromatic heterocycles. The molecule has 0 spiro atoms. The standard InChI is InChI=1S/C25H28ClN5OS/c1-3-21-24-29-28-16(2)31(24)25-19(23(27-21)18-9-5-6-10-20(18)26)15-17(33-25)11-12-22(32)30-13-7-4-8-14-30/h5-6,9-10,15,21H,3-4,7-8,11-14H2,1-2H3. The number of hydrogen-bond acceptors (Lipinski definition) is 5. The first-order valence-electron chi connectivity index (χ1n) is 11.7. The maximum Gasteiger partial charge on any atom is 0.222 e. The van der Waals surface area contributed by atoms with E-state index in [1.54, 1.807) is 11.3 Å². The van der Waals surface area contributed by atoms with Gasteiger partial charge in [-0.2, -0.15) is 0 Å². The molecule has 3 aromatic rings. The van der Waals surface area contributed by atoms with E-state index in [-0.39, 0.29) is 11.9 Å². The number of nitrogens with zero attached hydrogens (tertiary/aromatic N) is 5. The largest absolute Gasteiger partial charge is 0.343 e. The summed E-state index contributed by atoms with van der Waals surface area (Å²) in [5.74, 6) is 1.96. The average molecular weight is 482 g/mol. The number of fused-ring (bicyclic) bond motifs is 3. The third kappa shape index (κ3) is 4.24. The molecule has 2 aliphatic rings. The zero-order valence-electron chi connectivity index (χ0n) is 19.1. The van der Waals surface area contributed by atoms with Gasteiger partial charge < -0.3 is 4.90 Å². The van der Waals surface area contributed by atoms with E-state index in [4.69, 9.17) is 16.6 Å². The summed E-state index contributed by atoms with van der Waals surface area (Å²) in [6.45, 7) is 5.88. The molecule has 0 N–H and O–H groups in total. The number of rotatable bonds is 5. The molecule has 1 aromatic carbocycles. The highest BCUT2D eigenvalue weighted by Crippen LogP contribution is 2.38. The Morgan fingerprint density at radius 2 is 1.94 bits per heavy atom. The van der Waals surface area contributed by atoms with Crippen molar-refractivity contribution in [3.8, 4) is 5.00 Å². The van der Waals surface area contributed by atoms with Gasteiger partial charge in [0.05, 0.1) is 5.71 Å². The maximum atomic E-state index is 12.8. The molecular weight excluding hydrogens is 454 g/mol. The van der Waals surface area contributed by atoms with Crippen molar-refractivity contribution in [2.75, 3.05) is 13.1 Å². The van der Waals surface area contributed by atoms with Gasteiger partial charge in [-0.3, -0.25) is 14.4 Å². The summed E-state index contributed by atoms with van der Waals surface area (Å²) in [5.41, 5.74) is 2.84. The fourth-order valence-electron chi connectivity index (χ4n) is 4.69. The molecule has 0 bridgehead atoms. The van der Waals surface area contributed by atoms with E-state index in [0.29, 0.717) is 11.4 Å². The number of aryl methyl sites for hydroxylation is 2. The normalized spacial score (nSPS) is 17.8. The summed E-state index contributed by atoms with van der Waals surface area (Å²) in [5, 5.41) is 10.6. The summed E-state index contributed by atoms with van der Waals surface area (Å²) in [6.07, 6.45) is 5.53. The molecule has 172 valence electrons. The second-order valence-electron chi connectivity index (χ2n) is 8.70. The Morgan fingerprint density at radius 3 is 2.70 bits per heavy atom. The summed E-state index contributed by atoms with van der Waals surface area (Å²) in [7, 11) is 0. The molecule has 5 rings (SSSR count). The smallest absolute Gasteiger partial charge is 0.222 e. The van der Waals surface area contributed by atoms with Crippen LogP contribution in [-0.4, -0.2) is 44.4 Å². The van der Waals surface area contributed by atoms with Crippen molar-refractivity contribution in [3.05, 3.63) is 63.0 Å². The lowest BCUT2D eigenvalue weighted by Gasteiger charge is -2.26. The van der Waals surface area contributed by atoms with Crippen LogP contribution in [-0.2, 0) is 11.2 Å². The molecule has 1 fully saturated rings. The number of aliphatic imine (C=N–C) groups is 1. The lowest BCUT2D eigenvalue weighted by Crippen LogP contribution is -2.35. The first-order chi connectivity index (χ1) is 16.1. The predicted octanol–water partition coefficient (Wildman–Crippen LogP) is 5.54. The Balaban J connectivity index is 1.54. The monoisotopic (exact) mass is 481 g/mol. The SMILES string of the molecule is CCC1N=C(c2ccccc2Cl)c2cc(CCC(=O)N3CCCCC3)sc2-n2c(C)nnc21. The molecule has 2 aliphatic heterocycles. The molecule has 1 unspecified atom stereocenters. The van der Waals surface area contributed by atoms with Gasteiger partial charge in [-0.05, 0) is 51.2 Å². The molecule has 33 heavy (non-hydrogen) atoms. The molecule has 0 saturated carbocycles. The first kappa shape index (κ1) is 22.3. The van der Waals surface area contributed by atoms with Gasteiger partial charge in [0.1, 0.15) is 16.9 Å². The zero-order chi connectivity index (χ0) is 22.9. The van der Waals surface area contributed by atoms with Crippen LogP contribution in [0, 0.1) is 6.92 Å². The predicted molar refractivity (Wildman–Crippen MR) is 133 cm³/mol. The van der Waals surface area contributed by atoms with Crippen LogP contribution in [0.25, 0.3) is 5.00 Å². The van der Waals surface area contributed by atoms with Crippen LogP contribution in [0.1, 0.15) is 72.7 Å². The Bertz CT molecular complexity index is 1210. The van der Waals surface area contributed by atoms with Gasteiger partial charge in [0.25, 0.3) is 0 Å². The van der Waals surface area contributed by atoms with Crippen molar-refractivity contribution in [2.45, 2.75) is 58.4 Å². The van der Waals surface area contributed by atoms with Gasteiger partial charge in [-0.25, -0.2) is 0 Å². The number of thiophene rings is 1. The third-order valence-electron chi connectivity index (χ3n) is 6.46. The molecule has 4 heterocycles. The van der Waals surface area contributed by atoms with Gasteiger partial charge in [-0.1, -0.05) is 36.7 Å². The minimum absolute atomic E-state index is 0.0961. The molecule has 1 atom stereocenters. The van der Waals surface area contributed by atoms with Gasteiger partial charge in [-0.15, -0.1) is 21.5 Å². The van der Waals surface area contributed by atoms with E-state index in [0.717, 1.165) is 72.3 Å². The van der Waals surface area contributed by atoms with Gasteiger partial charge in [0, 0.05) is 40.5 Å². The van der Waals surface area contributed by atoms with Crippen LogP contribution >= 0.6 is 22.9 Å². The van der Waals surface area contributed by atoms with Crippen LogP contribution in [0.5, 0.6) is 0 Å². The molecule has 0 aliphatic carbocycles. The van der Waals surface area contributed by atoms with E-state index >= 15 is 0 Å². The molecule has 6 nitrogen and oxygen atoms in total. The Kier molecular flexibility index (Phi) is 6.34. The summed E-state index contributed by atoms with van der Waals surface area (Å²) >= 11 is 8.32. The van der Waals surface area contributed by atoms with Crippen LogP contribution < -0.4 is 0 Å². The van der Waals surface area contributed by atoms with Crippen molar-refractivity contribution in [1.29, 1.82) is 0 Å². The number of piperidine rings is 1. The maximum absolute atomic E-state index is 12.8. The van der Waals surface area contributed by atoms with Gasteiger partial charge in [0.15, 0.2) is 5.82 Å². The summed E-state index contributed by atoms with van der Waals surface area (Å²) in [6, 6.07) is 9.94. The minimum Gasteiger partial charge on any atom is -0.343 e. The second-order valence-corrected chi connectivity index (χ2v) is 10.2. The number of carbonyl (C=O) groups excluding carboxylic acids is 1. The van der Waals surface area contributed by atoms with E-state index in [1.165, 1.54) is 11.3 Å². The number of benzene rings is 1. The molecule has 1 saturated heterocycles. The highest BCUT2D eigenvalue weighted by Gasteiger charge is 2.30. The zero-order valence-corrected chi connectivity index (χ0v) is 20.6. The van der Waals surface area contributed by atoms with Crippen molar-refractivity contribution < 1.29 is 4.79 Å². The fraction of sp³-hybridized carbons (Fsp3) is 0.440. The lowest BCUT2D eigenvalue weighted by atomic mass is 10.0. The van der Waals surface area contributed by atoms with Gasteiger partial charge in [0.2, 0.25) is 5.91 Å². The number of hydrogen-bond donors (Lipinski definition) is 0. The van der Waals surface area contributed by atoms with Crippen LogP contribution in [0.15, 0.2) is 35.3 Å². The average Bonchev–Trinajstić information content (AvgIpc) is 3.39. The fourth-order valence-corrected chi connectivity index (χ4v) is 6.13. The highest BCUT2D eigenvalue weighted by molar-refractivity contribution is 7.15. The van der Waals surface area contributed by atoms with Crippen molar-refractivity contribution in [2.24, 2.45) is 4.99 Å².